The van der Waals surface area contributed by atoms with Crippen LogP contribution in [0.15, 0.2) is 194 Å². The molecule has 13 aromatic rings. The summed E-state index contributed by atoms with van der Waals surface area (Å²) in [5, 5.41) is 17.3. The minimum Gasteiger partial charge on any atom is -0.308 e. The van der Waals surface area contributed by atoms with E-state index in [-0.39, 0.29) is 5.41 Å². The van der Waals surface area contributed by atoms with Gasteiger partial charge in [0.25, 0.3) is 0 Å². The summed E-state index contributed by atoms with van der Waals surface area (Å²) in [6, 6.07) is 71.4. The largest absolute Gasteiger partial charge is 0.308 e. The molecule has 5 nitrogen and oxygen atoms in total. The molecule has 0 saturated heterocycles. The van der Waals surface area contributed by atoms with Crippen molar-refractivity contribution in [3.63, 3.8) is 0 Å². The number of fused-ring (bicyclic) bond motifs is 9. The van der Waals surface area contributed by atoms with Crippen molar-refractivity contribution in [2.24, 2.45) is 0 Å². The van der Waals surface area contributed by atoms with Crippen LogP contribution in [0.5, 0.6) is 0 Å². The number of thiophene rings is 2. The van der Waals surface area contributed by atoms with E-state index in [1.807, 2.05) is 12.1 Å². The summed E-state index contributed by atoms with van der Waals surface area (Å²) in [6.07, 6.45) is 0. The SMILES string of the molecule is CC(C)(C)c1ccc2c(c1)c1cc(C#N)ccc1n2-c1c(-c2ccccc2)cc(-c2nc(-c3ccc4c(c3)sc3ccccc34)nc(-c3ccc4c(c3)sc3ccccc34)n2)cc1-c1ccccc1. The topological polar surface area (TPSA) is 67.4 Å². The van der Waals surface area contributed by atoms with E-state index in [1.165, 1.54) is 45.9 Å². The first-order valence-corrected chi connectivity index (χ1v) is 24.8. The third kappa shape index (κ3) is 6.91. The van der Waals surface area contributed by atoms with E-state index in [4.69, 9.17) is 15.0 Å². The lowest BCUT2D eigenvalue weighted by Crippen LogP contribution is -2.10. The van der Waals surface area contributed by atoms with E-state index in [0.29, 0.717) is 23.0 Å². The number of nitrogens with zero attached hydrogens (tertiary/aromatic N) is 5. The number of hydrogen-bond donors (Lipinski definition) is 0. The van der Waals surface area contributed by atoms with Crippen molar-refractivity contribution in [2.75, 3.05) is 0 Å². The molecule has 0 aliphatic carbocycles. The van der Waals surface area contributed by atoms with E-state index in [0.717, 1.165) is 66.4 Å². The summed E-state index contributed by atoms with van der Waals surface area (Å²) in [7, 11) is 0. The van der Waals surface area contributed by atoms with Crippen molar-refractivity contribution < 1.29 is 0 Å². The van der Waals surface area contributed by atoms with Crippen molar-refractivity contribution in [2.45, 2.75) is 26.2 Å². The van der Waals surface area contributed by atoms with Crippen molar-refractivity contribution in [1.29, 1.82) is 5.26 Å². The van der Waals surface area contributed by atoms with Crippen LogP contribution in [-0.4, -0.2) is 19.5 Å². The number of nitriles is 1. The maximum Gasteiger partial charge on any atom is 0.164 e. The lowest BCUT2D eigenvalue weighted by molar-refractivity contribution is 0.591. The van der Waals surface area contributed by atoms with Gasteiger partial charge >= 0.3 is 0 Å². The summed E-state index contributed by atoms with van der Waals surface area (Å²) in [5.74, 6) is 1.81. The Hall–Kier alpha value is -8.28. The van der Waals surface area contributed by atoms with Gasteiger partial charge in [-0.25, -0.2) is 15.0 Å². The van der Waals surface area contributed by atoms with Crippen molar-refractivity contribution in [1.82, 2.24) is 19.5 Å². The molecule has 0 spiro atoms. The Kier molecular flexibility index (Phi) is 9.45. The van der Waals surface area contributed by atoms with Gasteiger partial charge in [-0.05, 0) is 88.8 Å². The highest BCUT2D eigenvalue weighted by Gasteiger charge is 2.25. The quantitative estimate of drug-likeness (QED) is 0.167. The second-order valence-electron chi connectivity index (χ2n) is 18.7. The second-order valence-corrected chi connectivity index (χ2v) is 20.9. The number of benzene rings is 9. The zero-order valence-electron chi connectivity index (χ0n) is 38.0. The average molecular weight is 920 g/mol. The molecule has 0 aliphatic rings. The Morgan fingerprint density at radius 2 is 0.870 bits per heavy atom. The molecule has 0 bridgehead atoms. The maximum absolute atomic E-state index is 10.2. The van der Waals surface area contributed by atoms with Crippen LogP contribution in [-0.2, 0) is 5.41 Å². The van der Waals surface area contributed by atoms with Gasteiger partial charge in [0.1, 0.15) is 0 Å². The summed E-state index contributed by atoms with van der Waals surface area (Å²) in [4.78, 5) is 16.1. The van der Waals surface area contributed by atoms with Crippen molar-refractivity contribution in [3.05, 3.63) is 205 Å². The predicted octanol–water partition coefficient (Wildman–Crippen LogP) is 17.2. The van der Waals surface area contributed by atoms with Crippen LogP contribution < -0.4 is 0 Å². The number of rotatable bonds is 6. The molecule has 0 fully saturated rings. The third-order valence-corrected chi connectivity index (χ3v) is 15.7. The molecule has 0 aliphatic heterocycles. The summed E-state index contributed by atoms with van der Waals surface area (Å²) in [6.45, 7) is 6.74. The van der Waals surface area contributed by atoms with E-state index in [9.17, 15) is 5.26 Å². The van der Waals surface area contributed by atoms with Gasteiger partial charge < -0.3 is 4.57 Å². The van der Waals surface area contributed by atoms with E-state index >= 15 is 0 Å². The monoisotopic (exact) mass is 919 g/mol. The first kappa shape index (κ1) is 41.0. The molecule has 69 heavy (non-hydrogen) atoms. The van der Waals surface area contributed by atoms with Crippen LogP contribution in [0, 0.1) is 11.3 Å². The molecular formula is C62H41N5S2. The first-order chi connectivity index (χ1) is 33.8. The number of hydrogen-bond acceptors (Lipinski definition) is 6. The van der Waals surface area contributed by atoms with E-state index in [2.05, 4.69) is 213 Å². The highest BCUT2D eigenvalue weighted by atomic mass is 32.1. The highest BCUT2D eigenvalue weighted by molar-refractivity contribution is 7.26. The fraction of sp³-hybridized carbons (Fsp3) is 0.0645. The fourth-order valence-electron chi connectivity index (χ4n) is 9.97. The third-order valence-electron chi connectivity index (χ3n) is 13.4. The van der Waals surface area contributed by atoms with Gasteiger partial charge in [0.15, 0.2) is 17.5 Å². The normalized spacial score (nSPS) is 12.0. The molecule has 9 aromatic carbocycles. The second kappa shape index (κ2) is 15.9. The molecular weight excluding hydrogens is 879 g/mol. The van der Waals surface area contributed by atoms with Gasteiger partial charge in [0.2, 0.25) is 0 Å². The molecule has 326 valence electrons. The standard InChI is InChI=1S/C62H41N5S2/c1-62(2,3)43-25-29-53-51(35-43)50-30-37(36-63)22-28-52(50)67(53)58-48(38-14-6-4-7-15-38)31-42(32-49(58)39-16-8-5-9-17-39)61-65-59(40-23-26-46-44-18-10-12-20-54(44)68-56(46)33-40)64-60(66-61)41-24-27-47-45-19-11-13-21-55(45)69-57(47)34-41/h4-35H,1-3H3. The van der Waals surface area contributed by atoms with Crippen LogP contribution in [0.3, 0.4) is 0 Å². The Morgan fingerprint density at radius 3 is 1.39 bits per heavy atom. The zero-order chi connectivity index (χ0) is 46.4. The fourth-order valence-corrected chi connectivity index (χ4v) is 12.3. The molecule has 7 heteroatoms. The van der Waals surface area contributed by atoms with E-state index in [1.54, 1.807) is 22.7 Å². The predicted molar refractivity (Wildman–Crippen MR) is 291 cm³/mol. The molecule has 13 rings (SSSR count). The van der Waals surface area contributed by atoms with Gasteiger partial charge in [-0.2, -0.15) is 5.26 Å². The van der Waals surface area contributed by atoms with Crippen molar-refractivity contribution >= 4 is 84.8 Å². The van der Waals surface area contributed by atoms with Crippen LogP contribution in [0.25, 0.3) is 124 Å². The molecule has 0 amide bonds. The van der Waals surface area contributed by atoms with Gasteiger partial charge in [0.05, 0.1) is 28.4 Å². The number of aromatic nitrogens is 4. The first-order valence-electron chi connectivity index (χ1n) is 23.1. The molecule has 4 heterocycles. The molecule has 0 saturated carbocycles. The van der Waals surface area contributed by atoms with Crippen molar-refractivity contribution in [3.8, 4) is 68.2 Å². The lowest BCUT2D eigenvalue weighted by Gasteiger charge is -2.22. The molecule has 0 atom stereocenters. The van der Waals surface area contributed by atoms with Gasteiger partial charge in [-0.1, -0.05) is 148 Å². The lowest BCUT2D eigenvalue weighted by atomic mass is 9.86. The minimum atomic E-state index is -0.0724. The average Bonchev–Trinajstić information content (AvgIpc) is 4.06. The van der Waals surface area contributed by atoms with Crippen LogP contribution >= 0.6 is 22.7 Å². The molecule has 0 radical (unpaired) electrons. The summed E-state index contributed by atoms with van der Waals surface area (Å²) in [5.41, 5.74) is 11.8. The van der Waals surface area contributed by atoms with Gasteiger partial charge in [-0.15, -0.1) is 22.7 Å². The highest BCUT2D eigenvalue weighted by Crippen LogP contribution is 2.45. The maximum atomic E-state index is 10.2. The molecule has 4 aromatic heterocycles. The van der Waals surface area contributed by atoms with E-state index < -0.39 is 0 Å². The van der Waals surface area contributed by atoms with Gasteiger partial charge in [0, 0.05) is 78.9 Å². The van der Waals surface area contributed by atoms with Crippen LogP contribution in [0.4, 0.5) is 0 Å². The molecule has 0 unspecified atom stereocenters. The van der Waals surface area contributed by atoms with Crippen LogP contribution in [0.2, 0.25) is 0 Å². The summed E-state index contributed by atoms with van der Waals surface area (Å²) >= 11 is 3.58. The smallest absolute Gasteiger partial charge is 0.164 e. The summed E-state index contributed by atoms with van der Waals surface area (Å²) < 4.78 is 7.28. The Labute approximate surface area is 406 Å². The molecule has 0 N–H and O–H groups in total. The zero-order valence-corrected chi connectivity index (χ0v) is 39.7. The Morgan fingerprint density at radius 1 is 0.406 bits per heavy atom. The van der Waals surface area contributed by atoms with Crippen LogP contribution in [0.1, 0.15) is 31.9 Å². The minimum absolute atomic E-state index is 0.0724. The Bertz CT molecular complexity index is 4050. The Balaban J connectivity index is 1.10. The van der Waals surface area contributed by atoms with Gasteiger partial charge in [-0.3, -0.25) is 0 Å².